The molecule has 1 amide bonds. The van der Waals surface area contributed by atoms with E-state index < -0.39 is 34.5 Å². The van der Waals surface area contributed by atoms with E-state index in [-0.39, 0.29) is 11.9 Å². The summed E-state index contributed by atoms with van der Waals surface area (Å²) in [7, 11) is 0. The molecule has 1 saturated heterocycles. The summed E-state index contributed by atoms with van der Waals surface area (Å²) < 4.78 is 46.6. The molecule has 0 radical (unpaired) electrons. The first kappa shape index (κ1) is 21.9. The zero-order valence-corrected chi connectivity index (χ0v) is 17.9. The number of aliphatic hydroxyl groups is 1. The molecule has 5 aliphatic rings. The summed E-state index contributed by atoms with van der Waals surface area (Å²) in [6.45, 7) is 1.48. The smallest absolute Gasteiger partial charge is 0.390 e. The fraction of sp³-hybridized carbons (Fsp3) is 0.773. The van der Waals surface area contributed by atoms with Crippen molar-refractivity contribution in [1.82, 2.24) is 15.3 Å². The third-order valence-electron chi connectivity index (χ3n) is 7.60. The van der Waals surface area contributed by atoms with E-state index in [0.29, 0.717) is 38.0 Å². The molecule has 5 fully saturated rings. The second-order valence-corrected chi connectivity index (χ2v) is 10.3. The van der Waals surface area contributed by atoms with Crippen LogP contribution in [0.4, 0.5) is 19.1 Å². The zero-order chi connectivity index (χ0) is 22.6. The van der Waals surface area contributed by atoms with Gasteiger partial charge in [-0.2, -0.15) is 13.2 Å². The molecule has 1 aliphatic heterocycles. The lowest BCUT2D eigenvalue weighted by atomic mass is 9.51. The highest BCUT2D eigenvalue weighted by Gasteiger charge is 2.57. The molecule has 6 rings (SSSR count). The molecule has 2 atom stereocenters. The lowest BCUT2D eigenvalue weighted by molar-refractivity contribution is -0.141. The highest BCUT2D eigenvalue weighted by molar-refractivity contribution is 5.95. The molecule has 4 aliphatic carbocycles. The van der Waals surface area contributed by atoms with Gasteiger partial charge in [0.1, 0.15) is 0 Å². The lowest BCUT2D eigenvalue weighted by Gasteiger charge is -2.60. The van der Waals surface area contributed by atoms with Crippen molar-refractivity contribution in [3.8, 4) is 0 Å². The third kappa shape index (κ3) is 4.31. The standard InChI is InChI=1S/C22H29F3N4O3/c23-22(24,25)17-16(18(30)26-10-13-1-3-32-4-2-13)11-27-19(28-17)29-20-6-14-5-15(7-20)9-21(31,8-14)12-20/h11,13-15,31H,1-10,12H2,(H,26,30)(H,27,28,29). The first-order valence-corrected chi connectivity index (χ1v) is 11.4. The number of ether oxygens (including phenoxy) is 1. The number of carbonyl (C=O) groups is 1. The zero-order valence-electron chi connectivity index (χ0n) is 17.9. The van der Waals surface area contributed by atoms with E-state index in [1.807, 2.05) is 0 Å². The summed E-state index contributed by atoms with van der Waals surface area (Å²) in [5.74, 6) is -0.0359. The monoisotopic (exact) mass is 454 g/mol. The van der Waals surface area contributed by atoms with E-state index in [1.54, 1.807) is 0 Å². The first-order valence-electron chi connectivity index (χ1n) is 11.4. The minimum atomic E-state index is -4.79. The number of amides is 1. The van der Waals surface area contributed by atoms with Gasteiger partial charge >= 0.3 is 6.18 Å². The summed E-state index contributed by atoms with van der Waals surface area (Å²) >= 11 is 0. The number of alkyl halides is 3. The van der Waals surface area contributed by atoms with Crippen LogP contribution in [0.15, 0.2) is 6.20 Å². The number of carbonyl (C=O) groups excluding carboxylic acids is 1. The molecule has 32 heavy (non-hydrogen) atoms. The van der Waals surface area contributed by atoms with Crippen molar-refractivity contribution in [2.24, 2.45) is 17.8 Å². The van der Waals surface area contributed by atoms with Crippen LogP contribution in [0.25, 0.3) is 0 Å². The molecule has 4 bridgehead atoms. The van der Waals surface area contributed by atoms with Crippen molar-refractivity contribution in [1.29, 1.82) is 0 Å². The number of aromatic nitrogens is 2. The summed E-state index contributed by atoms with van der Waals surface area (Å²) in [5.41, 5.74) is -3.05. The second kappa shape index (κ2) is 7.83. The first-order chi connectivity index (χ1) is 15.1. The fourth-order valence-corrected chi connectivity index (χ4v) is 6.70. The van der Waals surface area contributed by atoms with Crippen LogP contribution in [0.5, 0.6) is 0 Å². The van der Waals surface area contributed by atoms with E-state index in [9.17, 15) is 23.1 Å². The van der Waals surface area contributed by atoms with Crippen molar-refractivity contribution < 1.29 is 27.8 Å². The predicted molar refractivity (Wildman–Crippen MR) is 109 cm³/mol. The molecule has 2 heterocycles. The van der Waals surface area contributed by atoms with Gasteiger partial charge in [-0.05, 0) is 69.1 Å². The molecule has 7 nitrogen and oxygen atoms in total. The summed E-state index contributed by atoms with van der Waals surface area (Å²) in [6.07, 6.45) is 2.37. The Morgan fingerprint density at radius 3 is 2.50 bits per heavy atom. The highest BCUT2D eigenvalue weighted by Crippen LogP contribution is 2.58. The number of anilines is 1. The van der Waals surface area contributed by atoms with E-state index in [4.69, 9.17) is 4.74 Å². The fourth-order valence-electron chi connectivity index (χ4n) is 6.70. The molecule has 176 valence electrons. The summed E-state index contributed by atoms with van der Waals surface area (Å²) in [4.78, 5) is 20.4. The number of hydrogen-bond donors (Lipinski definition) is 3. The van der Waals surface area contributed by atoms with Gasteiger partial charge in [-0.1, -0.05) is 0 Å². The van der Waals surface area contributed by atoms with Gasteiger partial charge in [0.05, 0.1) is 11.2 Å². The van der Waals surface area contributed by atoms with E-state index in [1.165, 1.54) is 0 Å². The number of nitrogens with zero attached hydrogens (tertiary/aromatic N) is 2. The van der Waals surface area contributed by atoms with Gasteiger partial charge in [0.25, 0.3) is 5.91 Å². The van der Waals surface area contributed by atoms with Crippen molar-refractivity contribution in [3.05, 3.63) is 17.5 Å². The largest absolute Gasteiger partial charge is 0.434 e. The third-order valence-corrected chi connectivity index (χ3v) is 7.60. The molecule has 1 aromatic rings. The average molecular weight is 454 g/mol. The van der Waals surface area contributed by atoms with Crippen LogP contribution in [0.2, 0.25) is 0 Å². The topological polar surface area (TPSA) is 96.4 Å². The Kier molecular flexibility index (Phi) is 5.35. The number of hydrogen-bond acceptors (Lipinski definition) is 6. The maximum Gasteiger partial charge on any atom is 0.434 e. The molecule has 1 aromatic heterocycles. The van der Waals surface area contributed by atoms with Gasteiger partial charge in [0, 0.05) is 31.5 Å². The van der Waals surface area contributed by atoms with Crippen molar-refractivity contribution in [3.63, 3.8) is 0 Å². The molecular weight excluding hydrogens is 425 g/mol. The summed E-state index contributed by atoms with van der Waals surface area (Å²) in [6, 6.07) is 0. The molecule has 2 unspecified atom stereocenters. The van der Waals surface area contributed by atoms with Gasteiger partial charge in [0.2, 0.25) is 5.95 Å². The predicted octanol–water partition coefficient (Wildman–Crippen LogP) is 3.15. The minimum Gasteiger partial charge on any atom is -0.390 e. The van der Waals surface area contributed by atoms with Crippen LogP contribution < -0.4 is 10.6 Å². The molecular formula is C22H29F3N4O3. The van der Waals surface area contributed by atoms with Crippen LogP contribution in [0.3, 0.4) is 0 Å². The number of nitrogens with one attached hydrogen (secondary N) is 2. The maximum atomic E-state index is 13.8. The molecule has 0 aromatic carbocycles. The number of halogens is 3. The maximum absolute atomic E-state index is 13.8. The van der Waals surface area contributed by atoms with Crippen molar-refractivity contribution in [2.75, 3.05) is 25.1 Å². The van der Waals surface area contributed by atoms with Crippen molar-refractivity contribution in [2.45, 2.75) is 68.7 Å². The van der Waals surface area contributed by atoms with Gasteiger partial charge in [-0.3, -0.25) is 4.79 Å². The molecule has 0 spiro atoms. The van der Waals surface area contributed by atoms with Crippen LogP contribution in [-0.4, -0.2) is 51.9 Å². The highest BCUT2D eigenvalue weighted by atomic mass is 19.4. The van der Waals surface area contributed by atoms with Gasteiger partial charge in [-0.25, -0.2) is 9.97 Å². The Morgan fingerprint density at radius 1 is 1.19 bits per heavy atom. The quantitative estimate of drug-likeness (QED) is 0.633. The van der Waals surface area contributed by atoms with E-state index in [2.05, 4.69) is 20.6 Å². The van der Waals surface area contributed by atoms with Crippen LogP contribution in [0.1, 0.15) is 67.4 Å². The Hall–Kier alpha value is -1.94. The Balaban J connectivity index is 1.34. The van der Waals surface area contributed by atoms with Crippen LogP contribution in [-0.2, 0) is 10.9 Å². The Morgan fingerprint density at radius 2 is 1.88 bits per heavy atom. The van der Waals surface area contributed by atoms with Gasteiger partial charge in [-0.15, -0.1) is 0 Å². The van der Waals surface area contributed by atoms with Gasteiger partial charge < -0.3 is 20.5 Å². The van der Waals surface area contributed by atoms with Crippen LogP contribution >= 0.6 is 0 Å². The molecule has 4 saturated carbocycles. The SMILES string of the molecule is O=C(NCC1CCOCC1)c1cnc(NC23CC4CC(CC(O)(C4)C2)C3)nc1C(F)(F)F. The van der Waals surface area contributed by atoms with E-state index in [0.717, 1.165) is 51.1 Å². The summed E-state index contributed by atoms with van der Waals surface area (Å²) in [5, 5.41) is 16.6. The van der Waals surface area contributed by atoms with E-state index >= 15 is 0 Å². The molecule has 10 heteroatoms. The lowest BCUT2D eigenvalue weighted by Crippen LogP contribution is -2.62. The second-order valence-electron chi connectivity index (χ2n) is 10.3. The average Bonchev–Trinajstić information content (AvgIpc) is 2.70. The minimum absolute atomic E-state index is 0.135. The Labute approximate surface area is 184 Å². The number of rotatable bonds is 5. The van der Waals surface area contributed by atoms with Crippen LogP contribution in [0, 0.1) is 17.8 Å². The Bertz CT molecular complexity index is 874. The normalized spacial score (nSPS) is 34.5. The van der Waals surface area contributed by atoms with Crippen molar-refractivity contribution >= 4 is 11.9 Å². The van der Waals surface area contributed by atoms with Gasteiger partial charge in [0.15, 0.2) is 5.69 Å². The molecule has 3 N–H and O–H groups in total.